The van der Waals surface area contributed by atoms with Crippen molar-refractivity contribution < 1.29 is 4.79 Å². The van der Waals surface area contributed by atoms with Crippen LogP contribution in [-0.4, -0.2) is 28.6 Å². The average Bonchev–Trinajstić information content (AvgIpc) is 2.69. The van der Waals surface area contributed by atoms with E-state index in [2.05, 4.69) is 5.32 Å². The first kappa shape index (κ1) is 12.5. The zero-order valence-corrected chi connectivity index (χ0v) is 11.1. The molecular weight excluding hydrogens is 226 g/mol. The lowest BCUT2D eigenvalue weighted by Gasteiger charge is -2.18. The molecule has 2 aromatic rings. The van der Waals surface area contributed by atoms with Gasteiger partial charge < -0.3 is 14.8 Å². The Morgan fingerprint density at radius 2 is 1.94 bits per heavy atom. The Kier molecular flexibility index (Phi) is 3.55. The van der Waals surface area contributed by atoms with E-state index in [9.17, 15) is 4.79 Å². The second kappa shape index (κ2) is 5.12. The van der Waals surface area contributed by atoms with Gasteiger partial charge in [-0.15, -0.1) is 0 Å². The van der Waals surface area contributed by atoms with Gasteiger partial charge in [-0.25, -0.2) is 4.79 Å². The van der Waals surface area contributed by atoms with Gasteiger partial charge in [0, 0.05) is 37.2 Å². The predicted molar refractivity (Wildman–Crippen MR) is 74.9 cm³/mol. The number of hydrogen-bond donors (Lipinski definition) is 1. The molecule has 0 aliphatic heterocycles. The third-order valence-corrected chi connectivity index (χ3v) is 3.19. The summed E-state index contributed by atoms with van der Waals surface area (Å²) in [7, 11) is 1.98. The highest BCUT2D eigenvalue weighted by atomic mass is 16.2. The topological polar surface area (TPSA) is 37.3 Å². The summed E-state index contributed by atoms with van der Waals surface area (Å²) < 4.78 is 2.02. The molecule has 1 N–H and O–H groups in total. The maximum Gasteiger partial charge on any atom is 0.321 e. The lowest BCUT2D eigenvalue weighted by atomic mass is 10.2. The van der Waals surface area contributed by atoms with Crippen LogP contribution in [0.1, 0.15) is 13.8 Å². The number of aryl methyl sites for hydroxylation is 1. The van der Waals surface area contributed by atoms with Crippen molar-refractivity contribution in [3.63, 3.8) is 0 Å². The van der Waals surface area contributed by atoms with Gasteiger partial charge in [-0.3, -0.25) is 0 Å². The first-order chi connectivity index (χ1) is 8.67. The van der Waals surface area contributed by atoms with E-state index in [0.717, 1.165) is 16.6 Å². The number of fused-ring (bicyclic) bond motifs is 1. The number of nitrogens with one attached hydrogen (secondary N) is 1. The molecule has 0 aliphatic carbocycles. The van der Waals surface area contributed by atoms with Crippen molar-refractivity contribution in [3.8, 4) is 0 Å². The maximum absolute atomic E-state index is 12.0. The Bertz CT molecular complexity index is 555. The van der Waals surface area contributed by atoms with Crippen molar-refractivity contribution in [2.24, 2.45) is 7.05 Å². The number of amides is 2. The summed E-state index contributed by atoms with van der Waals surface area (Å²) in [5.74, 6) is 0. The third-order valence-electron chi connectivity index (χ3n) is 3.19. The van der Waals surface area contributed by atoms with E-state index in [1.807, 2.05) is 55.9 Å². The highest BCUT2D eigenvalue weighted by Crippen LogP contribution is 2.25. The van der Waals surface area contributed by atoms with E-state index < -0.39 is 0 Å². The van der Waals surface area contributed by atoms with Gasteiger partial charge in [-0.1, -0.05) is 18.2 Å². The molecule has 4 nitrogen and oxygen atoms in total. The number of urea groups is 1. The fourth-order valence-corrected chi connectivity index (χ4v) is 2.15. The van der Waals surface area contributed by atoms with Gasteiger partial charge in [0.15, 0.2) is 0 Å². The summed E-state index contributed by atoms with van der Waals surface area (Å²) in [5.41, 5.74) is 1.98. The number of carbonyl (C=O) groups is 1. The summed E-state index contributed by atoms with van der Waals surface area (Å²) in [4.78, 5) is 13.8. The van der Waals surface area contributed by atoms with Crippen LogP contribution in [0.3, 0.4) is 0 Å². The van der Waals surface area contributed by atoms with E-state index in [1.165, 1.54) is 0 Å². The minimum Gasteiger partial charge on any atom is -0.348 e. The number of hydrogen-bond acceptors (Lipinski definition) is 1. The van der Waals surface area contributed by atoms with E-state index in [-0.39, 0.29) is 6.03 Å². The van der Waals surface area contributed by atoms with E-state index in [4.69, 9.17) is 0 Å². The number of aromatic nitrogens is 1. The molecule has 1 aromatic heterocycles. The van der Waals surface area contributed by atoms with Gasteiger partial charge in [-0.2, -0.15) is 0 Å². The molecule has 96 valence electrons. The van der Waals surface area contributed by atoms with Gasteiger partial charge in [0.25, 0.3) is 0 Å². The van der Waals surface area contributed by atoms with Crippen LogP contribution in [0.15, 0.2) is 30.5 Å². The quantitative estimate of drug-likeness (QED) is 0.886. The molecule has 4 heteroatoms. The molecule has 0 saturated heterocycles. The Labute approximate surface area is 107 Å². The Morgan fingerprint density at radius 3 is 2.61 bits per heavy atom. The molecule has 0 fully saturated rings. The van der Waals surface area contributed by atoms with Crippen LogP contribution in [0.2, 0.25) is 0 Å². The summed E-state index contributed by atoms with van der Waals surface area (Å²) >= 11 is 0. The summed E-state index contributed by atoms with van der Waals surface area (Å²) in [6, 6.07) is 8.00. The summed E-state index contributed by atoms with van der Waals surface area (Å²) in [5, 5.41) is 4.04. The van der Waals surface area contributed by atoms with Gasteiger partial charge >= 0.3 is 6.03 Å². The smallest absolute Gasteiger partial charge is 0.321 e. The second-order valence-electron chi connectivity index (χ2n) is 4.27. The molecule has 1 heterocycles. The SMILES string of the molecule is CCN(CC)C(=O)Nc1cn(C)c2ccccc12. The van der Waals surface area contributed by atoms with Gasteiger partial charge in [0.2, 0.25) is 0 Å². The van der Waals surface area contributed by atoms with Crippen molar-refractivity contribution >= 4 is 22.6 Å². The van der Waals surface area contributed by atoms with Crippen LogP contribution in [0, 0.1) is 0 Å². The minimum absolute atomic E-state index is 0.0450. The Morgan fingerprint density at radius 1 is 1.28 bits per heavy atom. The highest BCUT2D eigenvalue weighted by Gasteiger charge is 2.12. The highest BCUT2D eigenvalue weighted by molar-refractivity contribution is 6.01. The van der Waals surface area contributed by atoms with Crippen molar-refractivity contribution in [3.05, 3.63) is 30.5 Å². The lowest BCUT2D eigenvalue weighted by molar-refractivity contribution is 0.217. The molecule has 0 aliphatic rings. The van der Waals surface area contributed by atoms with Crippen molar-refractivity contribution in [2.45, 2.75) is 13.8 Å². The number of para-hydroxylation sites is 1. The standard InChI is InChI=1S/C14H19N3O/c1-4-17(5-2)14(18)15-12-10-16(3)13-9-7-6-8-11(12)13/h6-10H,4-5H2,1-3H3,(H,15,18). The Balaban J connectivity index is 2.30. The van der Waals surface area contributed by atoms with Crippen LogP contribution >= 0.6 is 0 Å². The average molecular weight is 245 g/mol. The summed E-state index contributed by atoms with van der Waals surface area (Å²) in [6.45, 7) is 5.39. The molecular formula is C14H19N3O. The predicted octanol–water partition coefficient (Wildman–Crippen LogP) is 3.05. The van der Waals surface area contributed by atoms with Crippen LogP contribution in [0.5, 0.6) is 0 Å². The third kappa shape index (κ3) is 2.18. The molecule has 0 unspecified atom stereocenters. The fraction of sp³-hybridized carbons (Fsp3) is 0.357. The zero-order valence-electron chi connectivity index (χ0n) is 11.1. The molecule has 2 amide bonds. The molecule has 0 spiro atoms. The Hall–Kier alpha value is -1.97. The first-order valence-corrected chi connectivity index (χ1v) is 6.27. The number of anilines is 1. The molecule has 2 rings (SSSR count). The van der Waals surface area contributed by atoms with Crippen LogP contribution < -0.4 is 5.32 Å². The summed E-state index contributed by atoms with van der Waals surface area (Å²) in [6.07, 6.45) is 1.95. The van der Waals surface area contributed by atoms with Crippen LogP contribution in [-0.2, 0) is 7.05 Å². The minimum atomic E-state index is -0.0450. The monoisotopic (exact) mass is 245 g/mol. The number of benzene rings is 1. The molecule has 1 aromatic carbocycles. The maximum atomic E-state index is 12.0. The molecule has 0 radical (unpaired) electrons. The molecule has 0 atom stereocenters. The van der Waals surface area contributed by atoms with Gasteiger partial charge in [0.1, 0.15) is 0 Å². The molecule has 0 saturated carbocycles. The van der Waals surface area contributed by atoms with Crippen molar-refractivity contribution in [1.82, 2.24) is 9.47 Å². The van der Waals surface area contributed by atoms with Crippen LogP contribution in [0.25, 0.3) is 10.9 Å². The van der Waals surface area contributed by atoms with E-state index in [1.54, 1.807) is 4.90 Å². The second-order valence-corrected chi connectivity index (χ2v) is 4.27. The lowest BCUT2D eigenvalue weighted by Crippen LogP contribution is -2.34. The largest absolute Gasteiger partial charge is 0.348 e. The first-order valence-electron chi connectivity index (χ1n) is 6.27. The van der Waals surface area contributed by atoms with Crippen molar-refractivity contribution in [2.75, 3.05) is 18.4 Å². The fourth-order valence-electron chi connectivity index (χ4n) is 2.15. The zero-order chi connectivity index (χ0) is 13.1. The molecule has 18 heavy (non-hydrogen) atoms. The van der Waals surface area contributed by atoms with Gasteiger partial charge in [0.05, 0.1) is 5.69 Å². The number of rotatable bonds is 3. The molecule has 0 bridgehead atoms. The van der Waals surface area contributed by atoms with Crippen LogP contribution in [0.4, 0.5) is 10.5 Å². The van der Waals surface area contributed by atoms with E-state index >= 15 is 0 Å². The number of carbonyl (C=O) groups excluding carboxylic acids is 1. The van der Waals surface area contributed by atoms with E-state index in [0.29, 0.717) is 13.1 Å². The normalized spacial score (nSPS) is 10.6. The number of nitrogens with zero attached hydrogens (tertiary/aromatic N) is 2. The van der Waals surface area contributed by atoms with Crippen molar-refractivity contribution in [1.29, 1.82) is 0 Å². The van der Waals surface area contributed by atoms with Gasteiger partial charge in [-0.05, 0) is 19.9 Å².